The molecule has 22 heavy (non-hydrogen) atoms. The Hall–Kier alpha value is -2.43. The summed E-state index contributed by atoms with van der Waals surface area (Å²) in [7, 11) is 5.74. The molecule has 1 N–H and O–H groups in total. The van der Waals surface area contributed by atoms with E-state index in [-0.39, 0.29) is 12.1 Å². The van der Waals surface area contributed by atoms with Gasteiger partial charge in [-0.15, -0.1) is 0 Å². The highest BCUT2D eigenvalue weighted by Gasteiger charge is 2.19. The summed E-state index contributed by atoms with van der Waals surface area (Å²) < 4.78 is 5.36. The molecule has 0 radical (unpaired) electrons. The molecule has 5 heteroatoms. The SMILES string of the molecule is Cc1cc(N(C)C)ccc1NC(=O)N(C)C(C)c1ccco1. The summed E-state index contributed by atoms with van der Waals surface area (Å²) in [6.45, 7) is 3.92. The number of rotatable bonds is 4. The number of carbonyl (C=O) groups is 1. The molecule has 0 aliphatic rings. The van der Waals surface area contributed by atoms with Crippen LogP contribution in [0.15, 0.2) is 41.0 Å². The normalized spacial score (nSPS) is 11.9. The molecule has 0 fully saturated rings. The third kappa shape index (κ3) is 3.42. The van der Waals surface area contributed by atoms with Gasteiger partial charge in [0.15, 0.2) is 0 Å². The van der Waals surface area contributed by atoms with Gasteiger partial charge in [0.1, 0.15) is 5.76 Å². The van der Waals surface area contributed by atoms with E-state index in [0.29, 0.717) is 0 Å². The van der Waals surface area contributed by atoms with Crippen LogP contribution in [-0.2, 0) is 0 Å². The maximum Gasteiger partial charge on any atom is 0.322 e. The maximum atomic E-state index is 12.4. The average molecular weight is 301 g/mol. The molecular formula is C17H23N3O2. The zero-order valence-electron chi connectivity index (χ0n) is 13.8. The van der Waals surface area contributed by atoms with Crippen molar-refractivity contribution in [3.63, 3.8) is 0 Å². The Balaban J connectivity index is 2.08. The molecule has 1 aromatic heterocycles. The first-order chi connectivity index (χ1) is 10.4. The quantitative estimate of drug-likeness (QED) is 0.932. The molecule has 1 unspecified atom stereocenters. The Kier molecular flexibility index (Phi) is 4.75. The Morgan fingerprint density at radius 1 is 1.23 bits per heavy atom. The third-order valence-electron chi connectivity index (χ3n) is 3.82. The third-order valence-corrected chi connectivity index (χ3v) is 3.82. The van der Waals surface area contributed by atoms with E-state index in [1.807, 2.05) is 63.2 Å². The topological polar surface area (TPSA) is 48.7 Å². The summed E-state index contributed by atoms with van der Waals surface area (Å²) in [6.07, 6.45) is 1.61. The van der Waals surface area contributed by atoms with Gasteiger partial charge >= 0.3 is 6.03 Å². The van der Waals surface area contributed by atoms with Crippen molar-refractivity contribution in [2.45, 2.75) is 19.9 Å². The van der Waals surface area contributed by atoms with E-state index >= 15 is 0 Å². The summed E-state index contributed by atoms with van der Waals surface area (Å²) in [5, 5.41) is 2.95. The number of urea groups is 1. The first-order valence-electron chi connectivity index (χ1n) is 7.25. The van der Waals surface area contributed by atoms with Gasteiger partial charge in [0.05, 0.1) is 12.3 Å². The molecule has 2 aromatic rings. The van der Waals surface area contributed by atoms with Crippen LogP contribution in [0.25, 0.3) is 0 Å². The zero-order valence-corrected chi connectivity index (χ0v) is 13.8. The van der Waals surface area contributed by atoms with E-state index in [1.165, 1.54) is 0 Å². The van der Waals surface area contributed by atoms with Crippen molar-refractivity contribution >= 4 is 17.4 Å². The minimum Gasteiger partial charge on any atom is -0.467 e. The second-order valence-electron chi connectivity index (χ2n) is 5.63. The lowest BCUT2D eigenvalue weighted by Gasteiger charge is -2.24. The van der Waals surface area contributed by atoms with Crippen LogP contribution in [0.2, 0.25) is 0 Å². The van der Waals surface area contributed by atoms with Crippen LogP contribution >= 0.6 is 0 Å². The first-order valence-corrected chi connectivity index (χ1v) is 7.25. The number of furan rings is 1. The van der Waals surface area contributed by atoms with Crippen molar-refractivity contribution in [1.82, 2.24) is 4.90 Å². The van der Waals surface area contributed by atoms with E-state index in [0.717, 1.165) is 22.7 Å². The van der Waals surface area contributed by atoms with Gasteiger partial charge in [0.25, 0.3) is 0 Å². The summed E-state index contributed by atoms with van der Waals surface area (Å²) in [5.41, 5.74) is 2.94. The Morgan fingerprint density at radius 3 is 2.50 bits per heavy atom. The summed E-state index contributed by atoms with van der Waals surface area (Å²) in [4.78, 5) is 16.0. The summed E-state index contributed by atoms with van der Waals surface area (Å²) in [6, 6.07) is 9.35. The molecule has 118 valence electrons. The summed E-state index contributed by atoms with van der Waals surface area (Å²) >= 11 is 0. The minimum atomic E-state index is -0.162. The summed E-state index contributed by atoms with van der Waals surface area (Å²) in [5.74, 6) is 0.761. The molecule has 2 amide bonds. The zero-order chi connectivity index (χ0) is 16.3. The van der Waals surface area contributed by atoms with Crippen molar-refractivity contribution in [1.29, 1.82) is 0 Å². The molecule has 0 saturated heterocycles. The van der Waals surface area contributed by atoms with Crippen LogP contribution in [0.1, 0.15) is 24.3 Å². The van der Waals surface area contributed by atoms with Gasteiger partial charge in [-0.3, -0.25) is 0 Å². The number of benzene rings is 1. The van der Waals surface area contributed by atoms with Crippen LogP contribution in [0, 0.1) is 6.92 Å². The van der Waals surface area contributed by atoms with Crippen LogP contribution in [-0.4, -0.2) is 32.1 Å². The van der Waals surface area contributed by atoms with Crippen molar-refractivity contribution in [2.24, 2.45) is 0 Å². The van der Waals surface area contributed by atoms with E-state index in [4.69, 9.17) is 4.42 Å². The molecule has 1 atom stereocenters. The number of carbonyl (C=O) groups excluding carboxylic acids is 1. The lowest BCUT2D eigenvalue weighted by molar-refractivity contribution is 0.201. The Labute approximate surface area is 131 Å². The fourth-order valence-electron chi connectivity index (χ4n) is 2.17. The van der Waals surface area contributed by atoms with Crippen molar-refractivity contribution in [2.75, 3.05) is 31.4 Å². The minimum absolute atomic E-state index is 0.128. The van der Waals surface area contributed by atoms with E-state index in [9.17, 15) is 4.79 Å². The molecule has 5 nitrogen and oxygen atoms in total. The van der Waals surface area contributed by atoms with Crippen LogP contribution in [0.3, 0.4) is 0 Å². The number of hydrogen-bond acceptors (Lipinski definition) is 3. The van der Waals surface area contributed by atoms with Gasteiger partial charge in [-0.05, 0) is 49.7 Å². The highest BCUT2D eigenvalue weighted by atomic mass is 16.3. The predicted molar refractivity (Wildman–Crippen MR) is 89.4 cm³/mol. The lowest BCUT2D eigenvalue weighted by Crippen LogP contribution is -2.33. The number of hydrogen-bond donors (Lipinski definition) is 1. The maximum absolute atomic E-state index is 12.4. The molecule has 0 aliphatic heterocycles. The first kappa shape index (κ1) is 15.9. The molecule has 1 heterocycles. The molecule has 0 saturated carbocycles. The molecule has 0 aliphatic carbocycles. The van der Waals surface area contributed by atoms with Crippen molar-refractivity contribution in [3.05, 3.63) is 47.9 Å². The monoisotopic (exact) mass is 301 g/mol. The van der Waals surface area contributed by atoms with E-state index < -0.39 is 0 Å². The van der Waals surface area contributed by atoms with Gasteiger partial charge in [-0.2, -0.15) is 0 Å². The number of aryl methyl sites for hydroxylation is 1. The molecule has 1 aromatic carbocycles. The second kappa shape index (κ2) is 6.56. The van der Waals surface area contributed by atoms with Gasteiger partial charge in [0, 0.05) is 32.5 Å². The number of amides is 2. The largest absolute Gasteiger partial charge is 0.467 e. The van der Waals surface area contributed by atoms with Gasteiger partial charge in [0.2, 0.25) is 0 Å². The smallest absolute Gasteiger partial charge is 0.322 e. The van der Waals surface area contributed by atoms with Crippen LogP contribution in [0.4, 0.5) is 16.2 Å². The second-order valence-corrected chi connectivity index (χ2v) is 5.63. The highest BCUT2D eigenvalue weighted by Crippen LogP contribution is 2.23. The number of nitrogens with zero attached hydrogens (tertiary/aromatic N) is 2. The van der Waals surface area contributed by atoms with E-state index in [1.54, 1.807) is 18.2 Å². The fraction of sp³-hybridized carbons (Fsp3) is 0.353. The van der Waals surface area contributed by atoms with Gasteiger partial charge < -0.3 is 19.5 Å². The van der Waals surface area contributed by atoms with Crippen LogP contribution in [0.5, 0.6) is 0 Å². The van der Waals surface area contributed by atoms with Gasteiger partial charge in [-0.1, -0.05) is 0 Å². The van der Waals surface area contributed by atoms with E-state index in [2.05, 4.69) is 5.32 Å². The average Bonchev–Trinajstić information content (AvgIpc) is 3.01. The fourth-order valence-corrected chi connectivity index (χ4v) is 2.17. The van der Waals surface area contributed by atoms with Gasteiger partial charge in [-0.25, -0.2) is 4.79 Å². The molecule has 0 bridgehead atoms. The number of nitrogens with one attached hydrogen (secondary N) is 1. The number of anilines is 2. The standard InChI is InChI=1S/C17H23N3O2/c1-12-11-14(19(3)4)8-9-15(12)18-17(21)20(5)13(2)16-7-6-10-22-16/h6-11,13H,1-5H3,(H,18,21). The predicted octanol–water partition coefficient (Wildman–Crippen LogP) is 3.88. The van der Waals surface area contributed by atoms with Crippen LogP contribution < -0.4 is 10.2 Å². The Bertz CT molecular complexity index is 635. The molecule has 0 spiro atoms. The van der Waals surface area contributed by atoms with Crippen molar-refractivity contribution in [3.8, 4) is 0 Å². The van der Waals surface area contributed by atoms with Crippen molar-refractivity contribution < 1.29 is 9.21 Å². The molecular weight excluding hydrogens is 278 g/mol. The highest BCUT2D eigenvalue weighted by molar-refractivity contribution is 5.90. The molecule has 2 rings (SSSR count). The Morgan fingerprint density at radius 2 is 1.95 bits per heavy atom. The lowest BCUT2D eigenvalue weighted by atomic mass is 10.1.